The fourth-order valence-electron chi connectivity index (χ4n) is 1.97. The molecule has 0 radical (unpaired) electrons. The van der Waals surface area contributed by atoms with Gasteiger partial charge in [-0.1, -0.05) is 23.4 Å². The summed E-state index contributed by atoms with van der Waals surface area (Å²) in [5.41, 5.74) is 0.325. The Morgan fingerprint density at radius 3 is 2.92 bits per heavy atom. The number of hydrogen-bond donors (Lipinski definition) is 2. The SMILES string of the molecule is C[C@@H](Sc1nnc(-c2ccco2)n1N)C(=O)Nc1ccc(F)cc1Cl. The third kappa shape index (κ3) is 3.77. The van der Waals surface area contributed by atoms with E-state index in [-0.39, 0.29) is 10.9 Å². The Balaban J connectivity index is 1.69. The van der Waals surface area contributed by atoms with Crippen molar-refractivity contribution in [2.45, 2.75) is 17.3 Å². The molecule has 130 valence electrons. The van der Waals surface area contributed by atoms with Gasteiger partial charge in [0.15, 0.2) is 5.76 Å². The zero-order chi connectivity index (χ0) is 18.0. The van der Waals surface area contributed by atoms with Gasteiger partial charge in [-0.3, -0.25) is 4.79 Å². The first-order chi connectivity index (χ1) is 12.0. The van der Waals surface area contributed by atoms with Gasteiger partial charge in [0.1, 0.15) is 5.82 Å². The van der Waals surface area contributed by atoms with E-state index in [1.165, 1.54) is 23.1 Å². The number of nitrogens with one attached hydrogen (secondary N) is 1. The summed E-state index contributed by atoms with van der Waals surface area (Å²) in [7, 11) is 0. The Bertz CT molecular complexity index is 899. The maximum absolute atomic E-state index is 13.1. The molecule has 2 heterocycles. The van der Waals surface area contributed by atoms with Gasteiger partial charge in [-0.15, -0.1) is 10.2 Å². The van der Waals surface area contributed by atoms with Gasteiger partial charge in [0.25, 0.3) is 0 Å². The van der Waals surface area contributed by atoms with Gasteiger partial charge >= 0.3 is 0 Å². The van der Waals surface area contributed by atoms with Crippen molar-refractivity contribution in [3.8, 4) is 11.6 Å². The minimum Gasteiger partial charge on any atom is -0.461 e. The molecule has 3 N–H and O–H groups in total. The van der Waals surface area contributed by atoms with Gasteiger partial charge in [0.2, 0.25) is 16.9 Å². The second kappa shape index (κ2) is 7.16. The Labute approximate surface area is 151 Å². The quantitative estimate of drug-likeness (QED) is 0.520. The van der Waals surface area contributed by atoms with Gasteiger partial charge in [-0.2, -0.15) is 0 Å². The van der Waals surface area contributed by atoms with E-state index < -0.39 is 11.1 Å². The van der Waals surface area contributed by atoms with Crippen molar-refractivity contribution >= 4 is 35.0 Å². The first-order valence-electron chi connectivity index (χ1n) is 7.12. The van der Waals surface area contributed by atoms with Crippen molar-refractivity contribution in [3.05, 3.63) is 47.4 Å². The van der Waals surface area contributed by atoms with E-state index >= 15 is 0 Å². The molecule has 3 rings (SSSR count). The largest absolute Gasteiger partial charge is 0.461 e. The molecule has 0 unspecified atom stereocenters. The van der Waals surface area contributed by atoms with E-state index in [1.807, 2.05) is 0 Å². The molecule has 7 nitrogen and oxygen atoms in total. The number of anilines is 1. The van der Waals surface area contributed by atoms with Gasteiger partial charge in [0.05, 0.1) is 22.2 Å². The van der Waals surface area contributed by atoms with E-state index in [2.05, 4.69) is 15.5 Å². The molecule has 3 aromatic rings. The first kappa shape index (κ1) is 17.3. The van der Waals surface area contributed by atoms with Crippen LogP contribution in [0.2, 0.25) is 5.02 Å². The van der Waals surface area contributed by atoms with Crippen LogP contribution in [0, 0.1) is 5.82 Å². The van der Waals surface area contributed by atoms with Gasteiger partial charge in [0, 0.05) is 0 Å². The number of rotatable bonds is 5. The molecule has 0 aliphatic heterocycles. The number of hydrogen-bond acceptors (Lipinski definition) is 6. The van der Waals surface area contributed by atoms with Crippen molar-refractivity contribution in [2.75, 3.05) is 11.2 Å². The molecule has 0 fully saturated rings. The molecule has 1 amide bonds. The van der Waals surface area contributed by atoms with Crippen LogP contribution in [-0.4, -0.2) is 26.0 Å². The summed E-state index contributed by atoms with van der Waals surface area (Å²) in [5, 5.41) is 10.5. The van der Waals surface area contributed by atoms with E-state index in [1.54, 1.807) is 19.1 Å². The summed E-state index contributed by atoms with van der Waals surface area (Å²) >= 11 is 7.02. The number of carbonyl (C=O) groups is 1. The maximum atomic E-state index is 13.1. The Morgan fingerprint density at radius 1 is 1.44 bits per heavy atom. The lowest BCUT2D eigenvalue weighted by Gasteiger charge is -2.12. The summed E-state index contributed by atoms with van der Waals surface area (Å²) in [6, 6.07) is 7.15. The van der Waals surface area contributed by atoms with Crippen LogP contribution in [0.4, 0.5) is 10.1 Å². The molecule has 2 aromatic heterocycles. The van der Waals surface area contributed by atoms with Gasteiger partial charge in [-0.25, -0.2) is 9.07 Å². The standard InChI is InChI=1S/C15H13ClFN5O2S/c1-8(14(23)19-11-5-4-9(17)7-10(11)16)25-15-21-20-13(22(15)18)12-3-2-6-24-12/h2-8H,18H2,1H3,(H,19,23)/t8-/m1/s1. The van der Waals surface area contributed by atoms with Crippen LogP contribution in [0.1, 0.15) is 6.92 Å². The second-order valence-electron chi connectivity index (χ2n) is 5.03. The lowest BCUT2D eigenvalue weighted by atomic mass is 10.3. The van der Waals surface area contributed by atoms with Gasteiger partial charge < -0.3 is 15.6 Å². The topological polar surface area (TPSA) is 99.0 Å². The van der Waals surface area contributed by atoms with E-state index in [0.29, 0.717) is 22.4 Å². The van der Waals surface area contributed by atoms with E-state index in [0.717, 1.165) is 17.8 Å². The number of nitrogens with two attached hydrogens (primary N) is 1. The third-order valence-electron chi connectivity index (χ3n) is 3.25. The number of nitrogen functional groups attached to an aromatic ring is 1. The summed E-state index contributed by atoms with van der Waals surface area (Å²) in [4.78, 5) is 12.3. The number of carbonyl (C=O) groups excluding carboxylic acids is 1. The number of nitrogens with zero attached hydrogens (tertiary/aromatic N) is 3. The monoisotopic (exact) mass is 381 g/mol. The van der Waals surface area contributed by atoms with Crippen LogP contribution < -0.4 is 11.2 Å². The van der Waals surface area contributed by atoms with Crippen molar-refractivity contribution in [1.82, 2.24) is 14.9 Å². The van der Waals surface area contributed by atoms with Crippen molar-refractivity contribution in [3.63, 3.8) is 0 Å². The molecule has 0 saturated heterocycles. The van der Waals surface area contributed by atoms with Gasteiger partial charge in [-0.05, 0) is 37.3 Å². The number of aromatic nitrogens is 3. The number of benzene rings is 1. The number of amides is 1. The minimum atomic E-state index is -0.544. The van der Waals surface area contributed by atoms with Crippen LogP contribution in [0.5, 0.6) is 0 Å². The second-order valence-corrected chi connectivity index (χ2v) is 6.74. The Kier molecular flexibility index (Phi) is 4.95. The molecule has 1 aromatic carbocycles. The van der Waals surface area contributed by atoms with Crippen molar-refractivity contribution < 1.29 is 13.6 Å². The molecule has 0 saturated carbocycles. The molecule has 0 aliphatic rings. The average molecular weight is 382 g/mol. The highest BCUT2D eigenvalue weighted by atomic mass is 35.5. The highest BCUT2D eigenvalue weighted by Crippen LogP contribution is 2.27. The molecule has 0 bridgehead atoms. The first-order valence-corrected chi connectivity index (χ1v) is 8.38. The highest BCUT2D eigenvalue weighted by molar-refractivity contribution is 8.00. The molecule has 0 aliphatic carbocycles. The zero-order valence-corrected chi connectivity index (χ0v) is 14.5. The third-order valence-corrected chi connectivity index (χ3v) is 4.62. The molecule has 10 heteroatoms. The maximum Gasteiger partial charge on any atom is 0.237 e. The van der Waals surface area contributed by atoms with Crippen LogP contribution in [0.25, 0.3) is 11.6 Å². The lowest BCUT2D eigenvalue weighted by Crippen LogP contribution is -2.23. The fraction of sp³-hybridized carbons (Fsp3) is 0.133. The van der Waals surface area contributed by atoms with Crippen LogP contribution in [-0.2, 0) is 4.79 Å². The smallest absolute Gasteiger partial charge is 0.237 e. The van der Waals surface area contributed by atoms with Crippen LogP contribution in [0.3, 0.4) is 0 Å². The normalized spacial score (nSPS) is 12.1. The Hall–Kier alpha value is -2.52. The number of halogens is 2. The molecular weight excluding hydrogens is 369 g/mol. The van der Waals surface area contributed by atoms with Crippen molar-refractivity contribution in [2.24, 2.45) is 0 Å². The zero-order valence-electron chi connectivity index (χ0n) is 12.9. The average Bonchev–Trinajstić information content (AvgIpc) is 3.20. The highest BCUT2D eigenvalue weighted by Gasteiger charge is 2.21. The predicted molar refractivity (Wildman–Crippen MR) is 93.2 cm³/mol. The summed E-state index contributed by atoms with van der Waals surface area (Å²) in [5.74, 6) is 5.96. The summed E-state index contributed by atoms with van der Waals surface area (Å²) in [6.07, 6.45) is 1.50. The number of furan rings is 1. The molecule has 1 atom stereocenters. The molecule has 0 spiro atoms. The number of thioether (sulfide) groups is 1. The molecule has 25 heavy (non-hydrogen) atoms. The van der Waals surface area contributed by atoms with Crippen LogP contribution >= 0.6 is 23.4 Å². The van der Waals surface area contributed by atoms with Crippen LogP contribution in [0.15, 0.2) is 46.2 Å². The lowest BCUT2D eigenvalue weighted by molar-refractivity contribution is -0.115. The van der Waals surface area contributed by atoms with E-state index in [4.69, 9.17) is 21.9 Å². The fourth-order valence-corrected chi connectivity index (χ4v) is 2.95. The molecular formula is C15H13ClFN5O2S. The van der Waals surface area contributed by atoms with E-state index in [9.17, 15) is 9.18 Å². The van der Waals surface area contributed by atoms with Crippen molar-refractivity contribution in [1.29, 1.82) is 0 Å². The summed E-state index contributed by atoms with van der Waals surface area (Å²) < 4.78 is 19.5. The summed E-state index contributed by atoms with van der Waals surface area (Å²) in [6.45, 7) is 1.68. The predicted octanol–water partition coefficient (Wildman–Crippen LogP) is 3.16. The Morgan fingerprint density at radius 2 is 2.24 bits per heavy atom. The minimum absolute atomic E-state index is 0.118.